The number of benzene rings is 6. The first-order valence-electron chi connectivity index (χ1n) is 12.8. The minimum absolute atomic E-state index is 0.371. The molecule has 0 N–H and O–H groups in total. The minimum atomic E-state index is -0.371. The zero-order chi connectivity index (χ0) is 23.7. The molecule has 0 heteroatoms. The molecule has 2 aliphatic rings. The molecule has 0 saturated carbocycles. The van der Waals surface area contributed by atoms with Crippen LogP contribution in [0.2, 0.25) is 0 Å². The van der Waals surface area contributed by atoms with Crippen LogP contribution in [-0.2, 0) is 11.8 Å². The smallest absolute Gasteiger partial charge is 0.0622 e. The van der Waals surface area contributed by atoms with E-state index in [2.05, 4.69) is 133 Å². The normalized spacial score (nSPS) is 14.2. The third kappa shape index (κ3) is 2.44. The first-order valence-corrected chi connectivity index (χ1v) is 12.8. The summed E-state index contributed by atoms with van der Waals surface area (Å²) in [6.45, 7) is 0. The molecule has 0 nitrogen and oxygen atoms in total. The number of rotatable bonds is 2. The van der Waals surface area contributed by atoms with E-state index in [9.17, 15) is 0 Å². The molecule has 0 heterocycles. The van der Waals surface area contributed by atoms with Crippen molar-refractivity contribution in [3.05, 3.63) is 167 Å². The summed E-state index contributed by atoms with van der Waals surface area (Å²) in [4.78, 5) is 0. The molecule has 0 atom stereocenters. The van der Waals surface area contributed by atoms with Gasteiger partial charge < -0.3 is 0 Å². The van der Waals surface area contributed by atoms with Crippen molar-refractivity contribution in [2.24, 2.45) is 0 Å². The Labute approximate surface area is 211 Å². The molecule has 0 bridgehead atoms. The van der Waals surface area contributed by atoms with Crippen molar-refractivity contribution in [3.63, 3.8) is 0 Å². The topological polar surface area (TPSA) is 0 Å². The minimum Gasteiger partial charge on any atom is -0.0622 e. The predicted octanol–water partition coefficient (Wildman–Crippen LogP) is 8.77. The molecule has 0 unspecified atom stereocenters. The summed E-state index contributed by atoms with van der Waals surface area (Å²) in [7, 11) is 0. The van der Waals surface area contributed by atoms with Gasteiger partial charge >= 0.3 is 0 Å². The molecular formula is C36H24. The van der Waals surface area contributed by atoms with E-state index in [0.717, 1.165) is 6.42 Å². The van der Waals surface area contributed by atoms with Crippen LogP contribution in [0.1, 0.15) is 33.4 Å². The molecule has 2 aliphatic carbocycles. The lowest BCUT2D eigenvalue weighted by molar-refractivity contribution is 0.769. The van der Waals surface area contributed by atoms with Gasteiger partial charge in [0.15, 0.2) is 0 Å². The standard InChI is InChI=1S/C36H24/c1-3-13-27(14-4-1)36(28-15-5-2-6-16-28)31-21-19-24-11-7-9-17-29(24)34(31)35-32(36)22-20-26-23-25-12-8-10-18-30(25)33(26)35/h1-22H,23H2. The lowest BCUT2D eigenvalue weighted by atomic mass is 9.67. The van der Waals surface area contributed by atoms with Gasteiger partial charge in [0.1, 0.15) is 0 Å². The monoisotopic (exact) mass is 456 g/mol. The number of hydrogen-bond donors (Lipinski definition) is 0. The van der Waals surface area contributed by atoms with Gasteiger partial charge in [-0.25, -0.2) is 0 Å². The average molecular weight is 457 g/mol. The fraction of sp³-hybridized carbons (Fsp3) is 0.0556. The summed E-state index contributed by atoms with van der Waals surface area (Å²) in [5, 5.41) is 2.63. The highest BCUT2D eigenvalue weighted by Crippen LogP contribution is 2.61. The summed E-state index contributed by atoms with van der Waals surface area (Å²) in [5.74, 6) is 0. The van der Waals surface area contributed by atoms with Gasteiger partial charge in [0.2, 0.25) is 0 Å². The van der Waals surface area contributed by atoms with Crippen LogP contribution in [-0.4, -0.2) is 0 Å². The molecule has 6 aromatic rings. The fourth-order valence-electron chi connectivity index (χ4n) is 6.96. The predicted molar refractivity (Wildman–Crippen MR) is 149 cm³/mol. The van der Waals surface area contributed by atoms with E-state index in [1.807, 2.05) is 0 Å². The van der Waals surface area contributed by atoms with E-state index in [-0.39, 0.29) is 5.41 Å². The Balaban J connectivity index is 1.62. The average Bonchev–Trinajstić information content (AvgIpc) is 3.48. The second kappa shape index (κ2) is 7.29. The second-order valence-corrected chi connectivity index (χ2v) is 10.0. The van der Waals surface area contributed by atoms with Crippen molar-refractivity contribution >= 4 is 10.8 Å². The van der Waals surface area contributed by atoms with Crippen molar-refractivity contribution < 1.29 is 0 Å². The van der Waals surface area contributed by atoms with E-state index < -0.39 is 0 Å². The lowest BCUT2D eigenvalue weighted by Crippen LogP contribution is -2.28. The van der Waals surface area contributed by atoms with Gasteiger partial charge in [0.05, 0.1) is 5.41 Å². The van der Waals surface area contributed by atoms with Gasteiger partial charge in [0, 0.05) is 0 Å². The SMILES string of the molecule is c1ccc(C2(c3ccccc3)c3ccc4c(c3-c3c2ccc2ccccc32)-c2ccccc2C4)cc1. The van der Waals surface area contributed by atoms with Gasteiger partial charge in [-0.1, -0.05) is 133 Å². The molecule has 36 heavy (non-hydrogen) atoms. The van der Waals surface area contributed by atoms with Crippen molar-refractivity contribution in [1.29, 1.82) is 0 Å². The Hall–Kier alpha value is -4.42. The van der Waals surface area contributed by atoms with Crippen LogP contribution in [0.3, 0.4) is 0 Å². The fourth-order valence-corrected chi connectivity index (χ4v) is 6.96. The van der Waals surface area contributed by atoms with Crippen LogP contribution in [0.4, 0.5) is 0 Å². The largest absolute Gasteiger partial charge is 0.0714 e. The molecule has 0 aromatic heterocycles. The maximum Gasteiger partial charge on any atom is 0.0714 e. The highest BCUT2D eigenvalue weighted by molar-refractivity contribution is 6.09. The van der Waals surface area contributed by atoms with Crippen molar-refractivity contribution in [2.45, 2.75) is 11.8 Å². The van der Waals surface area contributed by atoms with Crippen LogP contribution in [0.15, 0.2) is 133 Å². The molecule has 0 spiro atoms. The third-order valence-electron chi connectivity index (χ3n) is 8.36. The molecule has 0 aliphatic heterocycles. The quantitative estimate of drug-likeness (QED) is 0.244. The van der Waals surface area contributed by atoms with Crippen molar-refractivity contribution in [3.8, 4) is 22.3 Å². The first-order chi connectivity index (χ1) is 17.9. The van der Waals surface area contributed by atoms with Gasteiger partial charge in [0.25, 0.3) is 0 Å². The number of fused-ring (bicyclic) bond motifs is 9. The summed E-state index contributed by atoms with van der Waals surface area (Å²) < 4.78 is 0. The molecule has 168 valence electrons. The van der Waals surface area contributed by atoms with E-state index in [1.54, 1.807) is 0 Å². The molecule has 8 rings (SSSR count). The van der Waals surface area contributed by atoms with E-state index >= 15 is 0 Å². The Morgan fingerprint density at radius 3 is 1.81 bits per heavy atom. The highest BCUT2D eigenvalue weighted by Gasteiger charge is 2.48. The van der Waals surface area contributed by atoms with Gasteiger partial charge in [-0.2, -0.15) is 0 Å². The van der Waals surface area contributed by atoms with Crippen LogP contribution in [0.5, 0.6) is 0 Å². The Morgan fingerprint density at radius 2 is 1.03 bits per heavy atom. The molecule has 0 radical (unpaired) electrons. The molecule has 0 fully saturated rings. The number of hydrogen-bond acceptors (Lipinski definition) is 0. The Morgan fingerprint density at radius 1 is 0.417 bits per heavy atom. The summed E-state index contributed by atoms with van der Waals surface area (Å²) in [5.41, 5.74) is 13.5. The van der Waals surface area contributed by atoms with Gasteiger partial charge in [-0.15, -0.1) is 0 Å². The summed E-state index contributed by atoms with van der Waals surface area (Å²) in [6, 6.07) is 49.6. The van der Waals surface area contributed by atoms with Gasteiger partial charge in [-0.3, -0.25) is 0 Å². The Bertz CT molecular complexity index is 1750. The lowest BCUT2D eigenvalue weighted by Gasteiger charge is -2.34. The molecule has 6 aromatic carbocycles. The zero-order valence-electron chi connectivity index (χ0n) is 19.9. The van der Waals surface area contributed by atoms with Crippen molar-refractivity contribution in [1.82, 2.24) is 0 Å². The summed E-state index contributed by atoms with van der Waals surface area (Å²) >= 11 is 0. The molecule has 0 amide bonds. The van der Waals surface area contributed by atoms with Crippen LogP contribution in [0, 0.1) is 0 Å². The molecule has 0 saturated heterocycles. The Kier molecular flexibility index (Phi) is 4.02. The maximum atomic E-state index is 2.43. The van der Waals surface area contributed by atoms with Gasteiger partial charge in [-0.05, 0) is 72.8 Å². The maximum absolute atomic E-state index is 2.43. The van der Waals surface area contributed by atoms with Crippen LogP contribution >= 0.6 is 0 Å². The molecular weight excluding hydrogens is 432 g/mol. The third-order valence-corrected chi connectivity index (χ3v) is 8.36. The second-order valence-electron chi connectivity index (χ2n) is 10.0. The van der Waals surface area contributed by atoms with E-state index in [4.69, 9.17) is 0 Å². The zero-order valence-corrected chi connectivity index (χ0v) is 19.9. The van der Waals surface area contributed by atoms with E-state index in [1.165, 1.54) is 66.4 Å². The highest BCUT2D eigenvalue weighted by atomic mass is 14.5. The van der Waals surface area contributed by atoms with Crippen LogP contribution in [0.25, 0.3) is 33.0 Å². The van der Waals surface area contributed by atoms with E-state index in [0.29, 0.717) is 0 Å². The first kappa shape index (κ1) is 19.8. The summed E-state index contributed by atoms with van der Waals surface area (Å²) in [6.07, 6.45) is 1.00. The van der Waals surface area contributed by atoms with Crippen LogP contribution < -0.4 is 0 Å². The van der Waals surface area contributed by atoms with Crippen molar-refractivity contribution in [2.75, 3.05) is 0 Å².